The van der Waals surface area contributed by atoms with Gasteiger partial charge in [0.15, 0.2) is 21.3 Å². The molecule has 1 N–H and O–H groups in total. The van der Waals surface area contributed by atoms with Gasteiger partial charge in [-0.3, -0.25) is 4.79 Å². The molecule has 6 nitrogen and oxygen atoms in total. The second-order valence-electron chi connectivity index (χ2n) is 5.21. The molecule has 0 heterocycles. The molecule has 0 aromatic heterocycles. The Morgan fingerprint density at radius 3 is 2.17 bits per heavy atom. The van der Waals surface area contributed by atoms with Gasteiger partial charge in [0.1, 0.15) is 0 Å². The minimum absolute atomic E-state index is 0.161. The van der Waals surface area contributed by atoms with Crippen LogP contribution in [-0.4, -0.2) is 34.8 Å². The summed E-state index contributed by atoms with van der Waals surface area (Å²) in [4.78, 5) is 12.3. The molecule has 0 atom stereocenters. The van der Waals surface area contributed by atoms with Crippen LogP contribution in [-0.2, 0) is 21.1 Å². The maximum absolute atomic E-state index is 12.1. The third-order valence-electron chi connectivity index (χ3n) is 3.38. The first-order valence-corrected chi connectivity index (χ1v) is 9.03. The topological polar surface area (TPSA) is 81.7 Å². The third kappa shape index (κ3) is 4.48. The SMILES string of the molecule is COc1ccc(CC(=O)Nc2ccc(S(C)(=O)=O)cc2)cc1OC. The average molecular weight is 349 g/mol. The minimum atomic E-state index is -3.25. The number of ether oxygens (including phenoxy) is 2. The molecule has 2 aromatic rings. The van der Waals surface area contributed by atoms with Crippen molar-refractivity contribution in [1.82, 2.24) is 0 Å². The van der Waals surface area contributed by atoms with Gasteiger partial charge in [-0.05, 0) is 42.0 Å². The van der Waals surface area contributed by atoms with Crippen molar-refractivity contribution < 1.29 is 22.7 Å². The number of rotatable bonds is 6. The molecular formula is C17H19NO5S. The summed E-state index contributed by atoms with van der Waals surface area (Å²) in [7, 11) is -0.171. The highest BCUT2D eigenvalue weighted by atomic mass is 32.2. The summed E-state index contributed by atoms with van der Waals surface area (Å²) >= 11 is 0. The Kier molecular flexibility index (Phi) is 5.46. The molecule has 0 saturated heterocycles. The zero-order valence-corrected chi connectivity index (χ0v) is 14.5. The minimum Gasteiger partial charge on any atom is -0.493 e. The summed E-state index contributed by atoms with van der Waals surface area (Å²) < 4.78 is 33.2. The number of benzene rings is 2. The Labute approximate surface area is 141 Å². The molecule has 24 heavy (non-hydrogen) atoms. The third-order valence-corrected chi connectivity index (χ3v) is 4.51. The molecule has 0 aliphatic carbocycles. The van der Waals surface area contributed by atoms with Crippen LogP contribution < -0.4 is 14.8 Å². The van der Waals surface area contributed by atoms with E-state index in [0.29, 0.717) is 17.2 Å². The predicted octanol–water partition coefficient (Wildman–Crippen LogP) is 2.29. The van der Waals surface area contributed by atoms with Crippen LogP contribution in [0, 0.1) is 0 Å². The molecule has 1 amide bonds. The Hall–Kier alpha value is -2.54. The Balaban J connectivity index is 2.05. The lowest BCUT2D eigenvalue weighted by atomic mass is 10.1. The number of nitrogens with one attached hydrogen (secondary N) is 1. The largest absolute Gasteiger partial charge is 0.493 e. The Morgan fingerprint density at radius 1 is 1.00 bits per heavy atom. The molecular weight excluding hydrogens is 330 g/mol. The molecule has 0 aliphatic heterocycles. The fourth-order valence-electron chi connectivity index (χ4n) is 2.17. The number of carbonyl (C=O) groups is 1. The monoisotopic (exact) mass is 349 g/mol. The molecule has 0 unspecified atom stereocenters. The highest BCUT2D eigenvalue weighted by Crippen LogP contribution is 2.27. The Bertz CT molecular complexity index is 829. The van der Waals surface area contributed by atoms with Crippen molar-refractivity contribution in [3.63, 3.8) is 0 Å². The number of carbonyl (C=O) groups excluding carboxylic acids is 1. The van der Waals surface area contributed by atoms with Crippen molar-refractivity contribution >= 4 is 21.4 Å². The summed E-state index contributed by atoms with van der Waals surface area (Å²) in [6.07, 6.45) is 1.30. The quantitative estimate of drug-likeness (QED) is 0.865. The van der Waals surface area contributed by atoms with Gasteiger partial charge in [-0.1, -0.05) is 6.07 Å². The highest BCUT2D eigenvalue weighted by molar-refractivity contribution is 7.90. The number of methoxy groups -OCH3 is 2. The number of sulfone groups is 1. The van der Waals surface area contributed by atoms with E-state index in [1.807, 2.05) is 0 Å². The zero-order chi connectivity index (χ0) is 17.7. The lowest BCUT2D eigenvalue weighted by molar-refractivity contribution is -0.115. The van der Waals surface area contributed by atoms with E-state index >= 15 is 0 Å². The van der Waals surface area contributed by atoms with Gasteiger partial charge in [0, 0.05) is 11.9 Å². The predicted molar refractivity (Wildman–Crippen MR) is 91.4 cm³/mol. The van der Waals surface area contributed by atoms with E-state index in [1.54, 1.807) is 37.4 Å². The van der Waals surface area contributed by atoms with E-state index in [-0.39, 0.29) is 17.2 Å². The van der Waals surface area contributed by atoms with Crippen molar-refractivity contribution in [2.75, 3.05) is 25.8 Å². The van der Waals surface area contributed by atoms with Gasteiger partial charge in [-0.15, -0.1) is 0 Å². The van der Waals surface area contributed by atoms with Gasteiger partial charge in [0.2, 0.25) is 5.91 Å². The van der Waals surface area contributed by atoms with Crippen molar-refractivity contribution in [3.05, 3.63) is 48.0 Å². The molecule has 2 aromatic carbocycles. The van der Waals surface area contributed by atoms with Gasteiger partial charge in [-0.25, -0.2) is 8.42 Å². The van der Waals surface area contributed by atoms with E-state index in [1.165, 1.54) is 19.2 Å². The van der Waals surface area contributed by atoms with Gasteiger partial charge in [-0.2, -0.15) is 0 Å². The van der Waals surface area contributed by atoms with Gasteiger partial charge in [0.25, 0.3) is 0 Å². The fraction of sp³-hybridized carbons (Fsp3) is 0.235. The molecule has 0 aliphatic rings. The molecule has 0 saturated carbocycles. The van der Waals surface area contributed by atoms with Crippen LogP contribution in [0.25, 0.3) is 0 Å². The normalized spacial score (nSPS) is 11.0. The van der Waals surface area contributed by atoms with Crippen molar-refractivity contribution in [3.8, 4) is 11.5 Å². The standard InChI is InChI=1S/C17H19NO5S/c1-22-15-9-4-12(10-16(15)23-2)11-17(19)18-13-5-7-14(8-6-13)24(3,20)21/h4-10H,11H2,1-3H3,(H,18,19). The first-order chi connectivity index (χ1) is 11.3. The van der Waals surface area contributed by atoms with E-state index in [4.69, 9.17) is 9.47 Å². The smallest absolute Gasteiger partial charge is 0.228 e. The molecule has 128 valence electrons. The first kappa shape index (κ1) is 17.8. The number of amides is 1. The fourth-order valence-corrected chi connectivity index (χ4v) is 2.80. The van der Waals surface area contributed by atoms with Crippen molar-refractivity contribution in [1.29, 1.82) is 0 Å². The van der Waals surface area contributed by atoms with Crippen LogP contribution in [0.5, 0.6) is 11.5 Å². The summed E-state index contributed by atoms with van der Waals surface area (Å²) in [5.41, 5.74) is 1.31. The van der Waals surface area contributed by atoms with Crippen LogP contribution in [0.4, 0.5) is 5.69 Å². The molecule has 0 bridgehead atoms. The summed E-state index contributed by atoms with van der Waals surface area (Å²) in [5.74, 6) is 0.938. The summed E-state index contributed by atoms with van der Waals surface area (Å²) in [6.45, 7) is 0. The van der Waals surface area contributed by atoms with Crippen LogP contribution >= 0.6 is 0 Å². The number of hydrogen-bond donors (Lipinski definition) is 1. The maximum atomic E-state index is 12.1. The van der Waals surface area contributed by atoms with Crippen LogP contribution in [0.1, 0.15) is 5.56 Å². The maximum Gasteiger partial charge on any atom is 0.228 e. The highest BCUT2D eigenvalue weighted by Gasteiger charge is 2.10. The molecule has 0 fully saturated rings. The van der Waals surface area contributed by atoms with E-state index in [9.17, 15) is 13.2 Å². The molecule has 0 spiro atoms. The van der Waals surface area contributed by atoms with Crippen LogP contribution in [0.3, 0.4) is 0 Å². The average Bonchev–Trinajstić information content (AvgIpc) is 2.54. The van der Waals surface area contributed by atoms with Crippen molar-refractivity contribution in [2.24, 2.45) is 0 Å². The van der Waals surface area contributed by atoms with Gasteiger partial charge >= 0.3 is 0 Å². The Morgan fingerprint density at radius 2 is 1.62 bits per heavy atom. The lowest BCUT2D eigenvalue weighted by Gasteiger charge is -2.10. The van der Waals surface area contributed by atoms with Crippen molar-refractivity contribution in [2.45, 2.75) is 11.3 Å². The second-order valence-corrected chi connectivity index (χ2v) is 7.23. The van der Waals surface area contributed by atoms with E-state index in [0.717, 1.165) is 11.8 Å². The van der Waals surface area contributed by atoms with Gasteiger partial charge in [0.05, 0.1) is 25.5 Å². The summed E-state index contributed by atoms with van der Waals surface area (Å²) in [5, 5.41) is 2.73. The van der Waals surface area contributed by atoms with E-state index < -0.39 is 9.84 Å². The molecule has 7 heteroatoms. The second kappa shape index (κ2) is 7.35. The van der Waals surface area contributed by atoms with Crippen LogP contribution in [0.15, 0.2) is 47.4 Å². The summed E-state index contributed by atoms with van der Waals surface area (Å²) in [6, 6.07) is 11.3. The number of anilines is 1. The molecule has 0 radical (unpaired) electrons. The van der Waals surface area contributed by atoms with Gasteiger partial charge < -0.3 is 14.8 Å². The first-order valence-electron chi connectivity index (χ1n) is 7.14. The zero-order valence-electron chi connectivity index (χ0n) is 13.7. The number of hydrogen-bond acceptors (Lipinski definition) is 5. The van der Waals surface area contributed by atoms with E-state index in [2.05, 4.69) is 5.32 Å². The van der Waals surface area contributed by atoms with Crippen LogP contribution in [0.2, 0.25) is 0 Å². The lowest BCUT2D eigenvalue weighted by Crippen LogP contribution is -2.14. The molecule has 2 rings (SSSR count).